The Morgan fingerprint density at radius 1 is 1.23 bits per heavy atom. The number of hydrogen-bond acceptors (Lipinski definition) is 5. The molecule has 1 aromatic carbocycles. The third-order valence-electron chi connectivity index (χ3n) is 2.90. The summed E-state index contributed by atoms with van der Waals surface area (Å²) >= 11 is 1.01. The van der Waals surface area contributed by atoms with Crippen LogP contribution in [0.3, 0.4) is 0 Å². The molecule has 0 saturated carbocycles. The number of anilines is 3. The Labute approximate surface area is 125 Å². The highest BCUT2D eigenvalue weighted by Gasteiger charge is 2.32. The fraction of sp³-hybridized carbons (Fsp3) is 0.0769. The maximum Gasteiger partial charge on any atom is 0.433 e. The molecule has 0 atom stereocenters. The number of aromatic amines is 1. The summed E-state index contributed by atoms with van der Waals surface area (Å²) in [5.41, 5.74) is 5.86. The number of nitrogens with two attached hydrogens (primary N) is 1. The van der Waals surface area contributed by atoms with Crippen molar-refractivity contribution in [2.24, 2.45) is 0 Å². The summed E-state index contributed by atoms with van der Waals surface area (Å²) in [5, 5.41) is 2.74. The van der Waals surface area contributed by atoms with Gasteiger partial charge in [-0.2, -0.15) is 13.2 Å². The summed E-state index contributed by atoms with van der Waals surface area (Å²) < 4.78 is 38.7. The first-order valence-corrected chi connectivity index (χ1v) is 6.88. The molecule has 0 spiro atoms. The molecule has 0 radical (unpaired) electrons. The predicted molar refractivity (Wildman–Crippen MR) is 79.4 cm³/mol. The van der Waals surface area contributed by atoms with Gasteiger partial charge in [0, 0.05) is 5.69 Å². The highest BCUT2D eigenvalue weighted by atomic mass is 32.1. The molecule has 3 rings (SSSR count). The molecule has 0 bridgehead atoms. The number of benzene rings is 1. The molecule has 22 heavy (non-hydrogen) atoms. The van der Waals surface area contributed by atoms with Gasteiger partial charge in [0.1, 0.15) is 5.69 Å². The lowest BCUT2D eigenvalue weighted by molar-refractivity contribution is -0.141. The van der Waals surface area contributed by atoms with E-state index in [9.17, 15) is 18.0 Å². The zero-order valence-electron chi connectivity index (χ0n) is 10.9. The van der Waals surface area contributed by atoms with Crippen LogP contribution in [-0.2, 0) is 6.18 Å². The highest BCUT2D eigenvalue weighted by Crippen LogP contribution is 2.31. The second-order valence-electron chi connectivity index (χ2n) is 4.48. The van der Waals surface area contributed by atoms with Crippen LogP contribution in [0.1, 0.15) is 5.69 Å². The Kier molecular flexibility index (Phi) is 3.28. The zero-order valence-corrected chi connectivity index (χ0v) is 11.7. The summed E-state index contributed by atoms with van der Waals surface area (Å²) in [6.45, 7) is 0. The highest BCUT2D eigenvalue weighted by molar-refractivity contribution is 7.16. The fourth-order valence-electron chi connectivity index (χ4n) is 1.89. The SMILES string of the molecule is Nc1ccc(C(F)(F)F)nc1Nc1ccc2[nH]c(=O)sc2c1. The molecule has 0 fully saturated rings. The van der Waals surface area contributed by atoms with E-state index in [-0.39, 0.29) is 16.4 Å². The summed E-state index contributed by atoms with van der Waals surface area (Å²) in [5.74, 6) is -0.0861. The first-order valence-electron chi connectivity index (χ1n) is 6.06. The third kappa shape index (κ3) is 2.75. The van der Waals surface area contributed by atoms with Gasteiger partial charge >= 0.3 is 11.0 Å². The lowest BCUT2D eigenvalue weighted by atomic mass is 10.2. The van der Waals surface area contributed by atoms with Crippen molar-refractivity contribution in [3.8, 4) is 0 Å². The Bertz CT molecular complexity index is 900. The van der Waals surface area contributed by atoms with Crippen LogP contribution in [0.15, 0.2) is 35.1 Å². The lowest BCUT2D eigenvalue weighted by Crippen LogP contribution is -2.10. The minimum atomic E-state index is -4.55. The van der Waals surface area contributed by atoms with Gasteiger partial charge in [-0.05, 0) is 30.3 Å². The number of halogens is 3. The molecule has 0 aliphatic heterocycles. The monoisotopic (exact) mass is 326 g/mol. The number of fused-ring (bicyclic) bond motifs is 1. The van der Waals surface area contributed by atoms with Crippen molar-refractivity contribution in [1.29, 1.82) is 0 Å². The molecule has 0 amide bonds. The van der Waals surface area contributed by atoms with Crippen molar-refractivity contribution in [2.45, 2.75) is 6.18 Å². The lowest BCUT2D eigenvalue weighted by Gasteiger charge is -2.12. The van der Waals surface area contributed by atoms with Crippen LogP contribution in [0.25, 0.3) is 10.2 Å². The van der Waals surface area contributed by atoms with Gasteiger partial charge in [0.15, 0.2) is 5.82 Å². The second-order valence-corrected chi connectivity index (χ2v) is 5.50. The van der Waals surface area contributed by atoms with Crippen LogP contribution < -0.4 is 15.9 Å². The van der Waals surface area contributed by atoms with Gasteiger partial charge in [-0.3, -0.25) is 4.79 Å². The number of nitrogen functional groups attached to an aromatic ring is 1. The largest absolute Gasteiger partial charge is 0.433 e. The number of nitrogens with one attached hydrogen (secondary N) is 2. The van der Waals surface area contributed by atoms with Gasteiger partial charge in [0.2, 0.25) is 0 Å². The van der Waals surface area contributed by atoms with Crippen LogP contribution in [0.2, 0.25) is 0 Å². The van der Waals surface area contributed by atoms with Crippen LogP contribution in [0.4, 0.5) is 30.4 Å². The number of pyridine rings is 1. The minimum Gasteiger partial charge on any atom is -0.396 e. The van der Waals surface area contributed by atoms with E-state index in [1.165, 1.54) is 0 Å². The van der Waals surface area contributed by atoms with E-state index in [1.54, 1.807) is 18.2 Å². The van der Waals surface area contributed by atoms with Crippen LogP contribution in [-0.4, -0.2) is 9.97 Å². The van der Waals surface area contributed by atoms with Crippen molar-refractivity contribution in [3.05, 3.63) is 45.7 Å². The van der Waals surface area contributed by atoms with Crippen molar-refractivity contribution >= 4 is 38.7 Å². The maximum absolute atomic E-state index is 12.7. The molecule has 0 saturated heterocycles. The first-order chi connectivity index (χ1) is 10.3. The van der Waals surface area contributed by atoms with Crippen molar-refractivity contribution < 1.29 is 13.2 Å². The van der Waals surface area contributed by atoms with E-state index >= 15 is 0 Å². The van der Waals surface area contributed by atoms with Crippen LogP contribution in [0, 0.1) is 0 Å². The average molecular weight is 326 g/mol. The van der Waals surface area contributed by atoms with Gasteiger partial charge in [-0.1, -0.05) is 11.3 Å². The third-order valence-corrected chi connectivity index (χ3v) is 3.75. The van der Waals surface area contributed by atoms with Gasteiger partial charge in [0.05, 0.1) is 15.9 Å². The molecule has 0 unspecified atom stereocenters. The average Bonchev–Trinajstić information content (AvgIpc) is 2.79. The topological polar surface area (TPSA) is 83.8 Å². The van der Waals surface area contributed by atoms with E-state index in [0.717, 1.165) is 23.5 Å². The number of nitrogens with zero attached hydrogens (tertiary/aromatic N) is 1. The molecule has 0 aliphatic rings. The normalized spacial score (nSPS) is 11.8. The van der Waals surface area contributed by atoms with Gasteiger partial charge in [-0.15, -0.1) is 0 Å². The van der Waals surface area contributed by atoms with Gasteiger partial charge in [0.25, 0.3) is 0 Å². The summed E-state index contributed by atoms with van der Waals surface area (Å²) in [6.07, 6.45) is -4.55. The van der Waals surface area contributed by atoms with Gasteiger partial charge < -0.3 is 16.0 Å². The Balaban J connectivity index is 1.98. The Morgan fingerprint density at radius 3 is 2.73 bits per heavy atom. The molecule has 3 aromatic rings. The Morgan fingerprint density at radius 2 is 2.00 bits per heavy atom. The number of rotatable bonds is 2. The zero-order chi connectivity index (χ0) is 15.9. The predicted octanol–water partition coefficient (Wildman–Crippen LogP) is 3.33. The van der Waals surface area contributed by atoms with E-state index in [1.807, 2.05) is 0 Å². The minimum absolute atomic E-state index is 0.0861. The first kappa shape index (κ1) is 14.4. The molecule has 5 nitrogen and oxygen atoms in total. The fourth-order valence-corrected chi connectivity index (χ4v) is 2.66. The number of hydrogen-bond donors (Lipinski definition) is 3. The second kappa shape index (κ2) is 5.02. The molecular formula is C13H9F3N4OS. The van der Waals surface area contributed by atoms with E-state index in [0.29, 0.717) is 15.9 Å². The molecule has 0 aliphatic carbocycles. The molecule has 2 heterocycles. The number of H-pyrrole nitrogens is 1. The standard InChI is InChI=1S/C13H9F3N4OS/c14-13(15,16)10-4-2-7(17)11(20-10)18-6-1-3-8-9(5-6)22-12(21)19-8/h1-5H,17H2,(H,18,20)(H,19,21). The van der Waals surface area contributed by atoms with Crippen LogP contribution in [0.5, 0.6) is 0 Å². The van der Waals surface area contributed by atoms with Crippen molar-refractivity contribution in [1.82, 2.24) is 9.97 Å². The molecule has 2 aromatic heterocycles. The number of alkyl halides is 3. The Hall–Kier alpha value is -2.55. The summed E-state index contributed by atoms with van der Waals surface area (Å²) in [7, 11) is 0. The van der Waals surface area contributed by atoms with Crippen LogP contribution >= 0.6 is 11.3 Å². The summed E-state index contributed by atoms with van der Waals surface area (Å²) in [6, 6.07) is 6.87. The van der Waals surface area contributed by atoms with Crippen molar-refractivity contribution in [3.63, 3.8) is 0 Å². The van der Waals surface area contributed by atoms with Crippen molar-refractivity contribution in [2.75, 3.05) is 11.1 Å². The molecule has 9 heteroatoms. The molecule has 114 valence electrons. The maximum atomic E-state index is 12.7. The van der Waals surface area contributed by atoms with E-state index in [4.69, 9.17) is 5.73 Å². The summed E-state index contributed by atoms with van der Waals surface area (Å²) in [4.78, 5) is 17.2. The quantitative estimate of drug-likeness (QED) is 0.674. The number of thiazole rings is 1. The van der Waals surface area contributed by atoms with E-state index < -0.39 is 11.9 Å². The molecular weight excluding hydrogens is 317 g/mol. The van der Waals surface area contributed by atoms with E-state index in [2.05, 4.69) is 15.3 Å². The smallest absolute Gasteiger partial charge is 0.396 e. The number of aromatic nitrogens is 2. The van der Waals surface area contributed by atoms with Gasteiger partial charge in [-0.25, -0.2) is 4.98 Å². The molecule has 4 N–H and O–H groups in total.